The first-order valence-electron chi connectivity index (χ1n) is 7.31. The third-order valence-corrected chi connectivity index (χ3v) is 4.11. The van der Waals surface area contributed by atoms with E-state index >= 15 is 0 Å². The summed E-state index contributed by atoms with van der Waals surface area (Å²) in [6.45, 7) is 0.364. The molecule has 4 nitrogen and oxygen atoms in total. The van der Waals surface area contributed by atoms with Gasteiger partial charge in [0, 0.05) is 11.4 Å². The van der Waals surface area contributed by atoms with E-state index in [0.717, 1.165) is 11.1 Å². The van der Waals surface area contributed by atoms with Crippen LogP contribution in [0.1, 0.15) is 22.4 Å². The van der Waals surface area contributed by atoms with Crippen molar-refractivity contribution in [2.24, 2.45) is 0 Å². The molecule has 24 heavy (non-hydrogen) atoms. The maximum absolute atomic E-state index is 13.0. The standard InChI is InChI=1S/C18H14ClFN4/c19-16-4-2-1-3-13(16)9-17-15(10-21)18(22)24(23-17)11-12-5-7-14(20)8-6-12/h1-8H,9,11,22H2. The maximum atomic E-state index is 13.0. The van der Waals surface area contributed by atoms with Crippen LogP contribution in [-0.2, 0) is 13.0 Å². The molecule has 0 radical (unpaired) electrons. The van der Waals surface area contributed by atoms with Gasteiger partial charge in [-0.05, 0) is 29.3 Å². The normalized spacial score (nSPS) is 10.5. The van der Waals surface area contributed by atoms with Crippen molar-refractivity contribution in [3.63, 3.8) is 0 Å². The Morgan fingerprint density at radius 1 is 1.17 bits per heavy atom. The number of aromatic nitrogens is 2. The van der Waals surface area contributed by atoms with Crippen LogP contribution in [0, 0.1) is 17.1 Å². The van der Waals surface area contributed by atoms with Crippen LogP contribution in [0.25, 0.3) is 0 Å². The van der Waals surface area contributed by atoms with Gasteiger partial charge in [0.2, 0.25) is 0 Å². The Morgan fingerprint density at radius 2 is 1.88 bits per heavy atom. The highest BCUT2D eigenvalue weighted by atomic mass is 35.5. The summed E-state index contributed by atoms with van der Waals surface area (Å²) in [7, 11) is 0. The summed E-state index contributed by atoms with van der Waals surface area (Å²) in [5.74, 6) is -0.00631. The fourth-order valence-electron chi connectivity index (χ4n) is 2.48. The molecule has 0 amide bonds. The summed E-state index contributed by atoms with van der Waals surface area (Å²) in [6, 6.07) is 15.6. The van der Waals surface area contributed by atoms with Crippen LogP contribution in [0.5, 0.6) is 0 Å². The van der Waals surface area contributed by atoms with E-state index in [1.807, 2.05) is 18.2 Å². The van der Waals surface area contributed by atoms with Crippen molar-refractivity contribution < 1.29 is 4.39 Å². The average Bonchev–Trinajstić information content (AvgIpc) is 2.87. The van der Waals surface area contributed by atoms with Gasteiger partial charge in [0.25, 0.3) is 0 Å². The van der Waals surface area contributed by atoms with E-state index < -0.39 is 0 Å². The van der Waals surface area contributed by atoms with Crippen LogP contribution in [0.15, 0.2) is 48.5 Å². The first-order valence-corrected chi connectivity index (χ1v) is 7.69. The predicted molar refractivity (Wildman–Crippen MR) is 91.1 cm³/mol. The summed E-state index contributed by atoms with van der Waals surface area (Å²) in [5.41, 5.74) is 8.70. The first-order chi connectivity index (χ1) is 11.6. The van der Waals surface area contributed by atoms with Gasteiger partial charge in [-0.1, -0.05) is 41.9 Å². The van der Waals surface area contributed by atoms with Gasteiger partial charge in [0.05, 0.1) is 12.2 Å². The molecule has 0 atom stereocenters. The highest BCUT2D eigenvalue weighted by Crippen LogP contribution is 2.23. The van der Waals surface area contributed by atoms with Crippen molar-refractivity contribution in [1.29, 1.82) is 5.26 Å². The number of rotatable bonds is 4. The minimum absolute atomic E-state index is 0.295. The van der Waals surface area contributed by atoms with Crippen molar-refractivity contribution in [3.8, 4) is 6.07 Å². The molecule has 0 bridgehead atoms. The van der Waals surface area contributed by atoms with Crippen molar-refractivity contribution in [1.82, 2.24) is 9.78 Å². The van der Waals surface area contributed by atoms with Crippen molar-refractivity contribution >= 4 is 17.4 Å². The Hall–Kier alpha value is -2.84. The molecule has 0 aliphatic heterocycles. The molecule has 0 saturated heterocycles. The Labute approximate surface area is 143 Å². The van der Waals surface area contributed by atoms with Crippen LogP contribution in [0.4, 0.5) is 10.2 Å². The second-order valence-corrected chi connectivity index (χ2v) is 5.78. The topological polar surface area (TPSA) is 67.6 Å². The number of nitrogens with two attached hydrogens (primary N) is 1. The van der Waals surface area contributed by atoms with Gasteiger partial charge >= 0.3 is 0 Å². The zero-order valence-corrected chi connectivity index (χ0v) is 13.5. The smallest absolute Gasteiger partial charge is 0.140 e. The Bertz CT molecular complexity index is 910. The number of hydrogen-bond donors (Lipinski definition) is 1. The largest absolute Gasteiger partial charge is 0.383 e. The molecule has 0 spiro atoms. The summed E-state index contributed by atoms with van der Waals surface area (Å²) >= 11 is 6.18. The number of anilines is 1. The summed E-state index contributed by atoms with van der Waals surface area (Å²) in [6.07, 6.45) is 0.420. The zero-order chi connectivity index (χ0) is 17.1. The van der Waals surface area contributed by atoms with Gasteiger partial charge in [0.15, 0.2) is 0 Å². The molecule has 2 aromatic carbocycles. The molecule has 1 heterocycles. The summed E-state index contributed by atoms with van der Waals surface area (Å²) < 4.78 is 14.6. The van der Waals surface area contributed by atoms with E-state index in [4.69, 9.17) is 17.3 Å². The number of nitrogen functional groups attached to an aromatic ring is 1. The quantitative estimate of drug-likeness (QED) is 0.786. The van der Waals surface area contributed by atoms with E-state index in [2.05, 4.69) is 11.2 Å². The number of halogens is 2. The van der Waals surface area contributed by atoms with Crippen LogP contribution in [0.3, 0.4) is 0 Å². The van der Waals surface area contributed by atoms with Gasteiger partial charge in [-0.3, -0.25) is 0 Å². The van der Waals surface area contributed by atoms with Gasteiger partial charge in [-0.2, -0.15) is 10.4 Å². The maximum Gasteiger partial charge on any atom is 0.140 e. The second-order valence-electron chi connectivity index (χ2n) is 5.37. The first kappa shape index (κ1) is 16.0. The minimum atomic E-state index is -0.302. The van der Waals surface area contributed by atoms with Gasteiger partial charge in [-0.15, -0.1) is 0 Å². The van der Waals surface area contributed by atoms with Crippen molar-refractivity contribution in [2.45, 2.75) is 13.0 Å². The van der Waals surface area contributed by atoms with E-state index in [1.54, 1.807) is 22.9 Å². The van der Waals surface area contributed by atoms with Crippen LogP contribution < -0.4 is 5.73 Å². The number of benzene rings is 2. The molecule has 0 saturated carbocycles. The fourth-order valence-corrected chi connectivity index (χ4v) is 2.68. The third-order valence-electron chi connectivity index (χ3n) is 3.74. The van der Waals surface area contributed by atoms with Gasteiger partial charge in [0.1, 0.15) is 23.3 Å². The average molecular weight is 341 g/mol. The minimum Gasteiger partial charge on any atom is -0.383 e. The Morgan fingerprint density at radius 3 is 2.54 bits per heavy atom. The predicted octanol–water partition coefficient (Wildman–Crippen LogP) is 3.77. The number of hydrogen-bond acceptors (Lipinski definition) is 3. The van der Waals surface area contributed by atoms with Gasteiger partial charge < -0.3 is 5.73 Å². The van der Waals surface area contributed by atoms with Crippen LogP contribution >= 0.6 is 11.6 Å². The lowest BCUT2D eigenvalue weighted by Crippen LogP contribution is -2.06. The molecule has 2 N–H and O–H groups in total. The van der Waals surface area contributed by atoms with Crippen molar-refractivity contribution in [2.75, 3.05) is 5.73 Å². The lowest BCUT2D eigenvalue weighted by atomic mass is 10.1. The highest BCUT2D eigenvalue weighted by molar-refractivity contribution is 6.31. The lowest BCUT2D eigenvalue weighted by molar-refractivity contribution is 0.624. The van der Waals surface area contributed by atoms with E-state index in [1.165, 1.54) is 12.1 Å². The zero-order valence-electron chi connectivity index (χ0n) is 12.7. The lowest BCUT2D eigenvalue weighted by Gasteiger charge is -2.04. The monoisotopic (exact) mass is 340 g/mol. The van der Waals surface area contributed by atoms with E-state index in [0.29, 0.717) is 35.1 Å². The van der Waals surface area contributed by atoms with Crippen LogP contribution in [-0.4, -0.2) is 9.78 Å². The Kier molecular flexibility index (Phi) is 4.50. The van der Waals surface area contributed by atoms with Gasteiger partial charge in [-0.25, -0.2) is 9.07 Å². The Balaban J connectivity index is 1.92. The highest BCUT2D eigenvalue weighted by Gasteiger charge is 2.17. The molecule has 120 valence electrons. The summed E-state index contributed by atoms with van der Waals surface area (Å²) in [5, 5.41) is 14.5. The molecule has 1 aromatic heterocycles. The SMILES string of the molecule is N#Cc1c(Cc2ccccc2Cl)nn(Cc2ccc(F)cc2)c1N. The van der Waals surface area contributed by atoms with E-state index in [-0.39, 0.29) is 5.82 Å². The molecular formula is C18H14ClFN4. The molecular weight excluding hydrogens is 327 g/mol. The molecule has 6 heteroatoms. The molecule has 3 rings (SSSR count). The molecule has 0 aliphatic rings. The third kappa shape index (κ3) is 3.24. The molecule has 0 aliphatic carbocycles. The van der Waals surface area contributed by atoms with Crippen molar-refractivity contribution in [3.05, 3.63) is 81.8 Å². The fraction of sp³-hybridized carbons (Fsp3) is 0.111. The summed E-state index contributed by atoms with van der Waals surface area (Å²) in [4.78, 5) is 0. The molecule has 0 fully saturated rings. The van der Waals surface area contributed by atoms with E-state index in [9.17, 15) is 9.65 Å². The second kappa shape index (κ2) is 6.73. The molecule has 0 unspecified atom stereocenters. The number of nitriles is 1. The molecule has 3 aromatic rings. The number of nitrogens with zero attached hydrogens (tertiary/aromatic N) is 3. The van der Waals surface area contributed by atoms with Crippen LogP contribution in [0.2, 0.25) is 5.02 Å².